The molecule has 0 spiro atoms. The highest BCUT2D eigenvalue weighted by Gasteiger charge is 2.10. The zero-order chi connectivity index (χ0) is 15.5. The largest absolute Gasteiger partial charge is 0.396 e. The third-order valence-electron chi connectivity index (χ3n) is 4.08. The van der Waals surface area contributed by atoms with Crippen molar-refractivity contribution in [3.05, 3.63) is 35.4 Å². The van der Waals surface area contributed by atoms with Crippen LogP contribution in [0.3, 0.4) is 0 Å². The van der Waals surface area contributed by atoms with Gasteiger partial charge in [-0.15, -0.1) is 0 Å². The predicted molar refractivity (Wildman–Crippen MR) is 88.1 cm³/mol. The highest BCUT2D eigenvalue weighted by molar-refractivity contribution is 5.25. The van der Waals surface area contributed by atoms with Gasteiger partial charge in [-0.2, -0.15) is 0 Å². The van der Waals surface area contributed by atoms with Crippen molar-refractivity contribution >= 4 is 0 Å². The normalized spacial score (nSPS) is 14.1. The Morgan fingerprint density at radius 2 is 1.95 bits per heavy atom. The zero-order valence-electron chi connectivity index (χ0n) is 13.3. The van der Waals surface area contributed by atoms with E-state index in [4.69, 9.17) is 10.8 Å². The van der Waals surface area contributed by atoms with Crippen molar-refractivity contribution in [3.63, 3.8) is 0 Å². The average molecular weight is 293 g/mol. The van der Waals surface area contributed by atoms with Crippen LogP contribution in [0.4, 0.5) is 0 Å². The fourth-order valence-corrected chi connectivity index (χ4v) is 2.87. The molecule has 120 valence electrons. The van der Waals surface area contributed by atoms with Crippen molar-refractivity contribution in [2.24, 2.45) is 11.7 Å². The van der Waals surface area contributed by atoms with Crippen LogP contribution in [0.15, 0.2) is 24.3 Å². The lowest BCUT2D eigenvalue weighted by Gasteiger charge is -2.16. The van der Waals surface area contributed by atoms with E-state index in [0.717, 1.165) is 31.2 Å². The quantitative estimate of drug-likeness (QED) is 0.587. The highest BCUT2D eigenvalue weighted by Crippen LogP contribution is 2.22. The number of aliphatic hydroxyl groups is 2. The first kappa shape index (κ1) is 18.1. The van der Waals surface area contributed by atoms with Crippen molar-refractivity contribution in [2.75, 3.05) is 13.2 Å². The molecule has 0 aromatic heterocycles. The Hall–Kier alpha value is -0.900. The van der Waals surface area contributed by atoms with Gasteiger partial charge >= 0.3 is 0 Å². The van der Waals surface area contributed by atoms with Gasteiger partial charge in [-0.05, 0) is 55.7 Å². The predicted octanol–water partition coefficient (Wildman–Crippen LogP) is 3.19. The van der Waals surface area contributed by atoms with Crippen LogP contribution in [-0.2, 0) is 6.42 Å². The number of hydrogen-bond acceptors (Lipinski definition) is 3. The Morgan fingerprint density at radius 3 is 2.62 bits per heavy atom. The average Bonchev–Trinajstić information content (AvgIpc) is 2.50. The SMILES string of the molecule is CCCC(CCCO)CCc1cccc(C(O)CCN)c1. The van der Waals surface area contributed by atoms with Gasteiger partial charge in [0.15, 0.2) is 0 Å². The molecule has 1 aromatic carbocycles. The number of aryl methyl sites for hydroxylation is 1. The summed E-state index contributed by atoms with van der Waals surface area (Å²) >= 11 is 0. The van der Waals surface area contributed by atoms with E-state index in [-0.39, 0.29) is 0 Å². The molecule has 0 saturated carbocycles. The van der Waals surface area contributed by atoms with E-state index in [0.29, 0.717) is 25.5 Å². The molecule has 0 radical (unpaired) electrons. The van der Waals surface area contributed by atoms with Crippen molar-refractivity contribution in [2.45, 2.75) is 58.0 Å². The first-order valence-corrected chi connectivity index (χ1v) is 8.29. The molecular formula is C18H31NO2. The maximum absolute atomic E-state index is 10.0. The van der Waals surface area contributed by atoms with Crippen LogP contribution < -0.4 is 5.73 Å². The van der Waals surface area contributed by atoms with E-state index in [1.54, 1.807) is 0 Å². The summed E-state index contributed by atoms with van der Waals surface area (Å²) in [5.41, 5.74) is 7.76. The van der Waals surface area contributed by atoms with E-state index in [1.807, 2.05) is 12.1 Å². The monoisotopic (exact) mass is 293 g/mol. The van der Waals surface area contributed by atoms with Gasteiger partial charge in [-0.25, -0.2) is 0 Å². The van der Waals surface area contributed by atoms with Crippen LogP contribution in [0.1, 0.15) is 62.7 Å². The molecule has 4 N–H and O–H groups in total. The van der Waals surface area contributed by atoms with Crippen LogP contribution in [0.5, 0.6) is 0 Å². The highest BCUT2D eigenvalue weighted by atomic mass is 16.3. The molecule has 0 fully saturated rings. The molecule has 0 aliphatic rings. The second kappa shape index (κ2) is 10.8. The molecule has 2 unspecified atom stereocenters. The summed E-state index contributed by atoms with van der Waals surface area (Å²) in [4.78, 5) is 0. The van der Waals surface area contributed by atoms with Crippen molar-refractivity contribution < 1.29 is 10.2 Å². The molecule has 3 heteroatoms. The van der Waals surface area contributed by atoms with Gasteiger partial charge in [0.05, 0.1) is 6.10 Å². The van der Waals surface area contributed by atoms with E-state index in [1.165, 1.54) is 18.4 Å². The third kappa shape index (κ3) is 7.07. The maximum atomic E-state index is 10.0. The van der Waals surface area contributed by atoms with Crippen molar-refractivity contribution in [3.8, 4) is 0 Å². The summed E-state index contributed by atoms with van der Waals surface area (Å²) in [6.45, 7) is 3.02. The Bertz CT molecular complexity index is 381. The fourth-order valence-electron chi connectivity index (χ4n) is 2.87. The topological polar surface area (TPSA) is 66.5 Å². The van der Waals surface area contributed by atoms with Crippen LogP contribution in [0.2, 0.25) is 0 Å². The summed E-state index contributed by atoms with van der Waals surface area (Å²) in [6.07, 6.45) is 6.80. The lowest BCUT2D eigenvalue weighted by atomic mass is 9.90. The summed E-state index contributed by atoms with van der Waals surface area (Å²) < 4.78 is 0. The van der Waals surface area contributed by atoms with E-state index < -0.39 is 6.10 Å². The standard InChI is InChI=1S/C18H31NO2/c1-2-5-15(7-4-13-20)9-10-16-6-3-8-17(14-16)18(21)11-12-19/h3,6,8,14-15,18,20-21H,2,4-5,7,9-13,19H2,1H3. The summed E-state index contributed by atoms with van der Waals surface area (Å²) in [5, 5.41) is 19.0. The van der Waals surface area contributed by atoms with Gasteiger partial charge in [0, 0.05) is 6.61 Å². The number of benzene rings is 1. The number of aliphatic hydroxyl groups excluding tert-OH is 2. The molecule has 0 heterocycles. The minimum atomic E-state index is -0.448. The van der Waals surface area contributed by atoms with Gasteiger partial charge in [-0.1, -0.05) is 44.0 Å². The summed E-state index contributed by atoms with van der Waals surface area (Å²) in [7, 11) is 0. The molecule has 0 amide bonds. The smallest absolute Gasteiger partial charge is 0.0802 e. The third-order valence-corrected chi connectivity index (χ3v) is 4.08. The van der Waals surface area contributed by atoms with Gasteiger partial charge in [0.25, 0.3) is 0 Å². The molecule has 1 rings (SSSR count). The van der Waals surface area contributed by atoms with E-state index in [9.17, 15) is 5.11 Å². The number of hydrogen-bond donors (Lipinski definition) is 3. The lowest BCUT2D eigenvalue weighted by molar-refractivity contribution is 0.170. The van der Waals surface area contributed by atoms with Gasteiger partial charge in [0.2, 0.25) is 0 Å². The summed E-state index contributed by atoms with van der Waals surface area (Å²) in [6, 6.07) is 8.23. The van der Waals surface area contributed by atoms with Crippen LogP contribution in [0.25, 0.3) is 0 Å². The minimum absolute atomic E-state index is 0.293. The van der Waals surface area contributed by atoms with Crippen molar-refractivity contribution in [1.82, 2.24) is 0 Å². The van der Waals surface area contributed by atoms with Gasteiger partial charge < -0.3 is 15.9 Å². The van der Waals surface area contributed by atoms with E-state index in [2.05, 4.69) is 19.1 Å². The molecule has 0 aliphatic carbocycles. The Balaban J connectivity index is 2.54. The number of nitrogens with two attached hydrogens (primary N) is 1. The van der Waals surface area contributed by atoms with Gasteiger partial charge in [0.1, 0.15) is 0 Å². The zero-order valence-corrected chi connectivity index (χ0v) is 13.3. The second-order valence-corrected chi connectivity index (χ2v) is 5.90. The van der Waals surface area contributed by atoms with E-state index >= 15 is 0 Å². The van der Waals surface area contributed by atoms with Gasteiger partial charge in [-0.3, -0.25) is 0 Å². The lowest BCUT2D eigenvalue weighted by Crippen LogP contribution is -2.07. The van der Waals surface area contributed by atoms with Crippen molar-refractivity contribution in [1.29, 1.82) is 0 Å². The molecule has 0 saturated heterocycles. The fraction of sp³-hybridized carbons (Fsp3) is 0.667. The Kier molecular flexibility index (Phi) is 9.31. The Morgan fingerprint density at radius 1 is 1.14 bits per heavy atom. The molecule has 1 aromatic rings. The molecule has 21 heavy (non-hydrogen) atoms. The first-order valence-electron chi connectivity index (χ1n) is 8.29. The first-order chi connectivity index (χ1) is 10.2. The molecule has 2 atom stereocenters. The van der Waals surface area contributed by atoms with Crippen LogP contribution in [0, 0.1) is 5.92 Å². The molecule has 0 bridgehead atoms. The van der Waals surface area contributed by atoms with Crippen LogP contribution in [-0.4, -0.2) is 23.4 Å². The minimum Gasteiger partial charge on any atom is -0.396 e. The molecular weight excluding hydrogens is 262 g/mol. The molecule has 3 nitrogen and oxygen atoms in total. The Labute approximate surface area is 129 Å². The van der Waals surface area contributed by atoms with Crippen LogP contribution >= 0.6 is 0 Å². The number of rotatable bonds is 11. The molecule has 0 aliphatic heterocycles. The second-order valence-electron chi connectivity index (χ2n) is 5.90. The maximum Gasteiger partial charge on any atom is 0.0802 e. The summed E-state index contributed by atoms with van der Waals surface area (Å²) in [5.74, 6) is 0.694.